The van der Waals surface area contributed by atoms with E-state index >= 15 is 0 Å². The van der Waals surface area contributed by atoms with Gasteiger partial charge in [0.25, 0.3) is 10.1 Å². The molecule has 7 heteroatoms. The molecule has 1 N–H and O–H groups in total. The highest BCUT2D eigenvalue weighted by Gasteiger charge is 2.43. The highest BCUT2D eigenvalue weighted by molar-refractivity contribution is 7.85. The van der Waals surface area contributed by atoms with E-state index in [4.69, 9.17) is 13.7 Å². The van der Waals surface area contributed by atoms with E-state index in [2.05, 4.69) is 0 Å². The SMILES string of the molecule is CS(=O)(=O)OCC(CC1(O)CC1)OC1CCCCO1. The Kier molecular flexibility index (Phi) is 4.84. The Balaban J connectivity index is 1.85. The van der Waals surface area contributed by atoms with Gasteiger partial charge in [-0.05, 0) is 32.1 Å². The largest absolute Gasteiger partial charge is 0.390 e. The minimum atomic E-state index is -3.50. The van der Waals surface area contributed by atoms with Crippen molar-refractivity contribution in [3.8, 4) is 0 Å². The summed E-state index contributed by atoms with van der Waals surface area (Å²) < 4.78 is 38.1. The summed E-state index contributed by atoms with van der Waals surface area (Å²) in [6, 6.07) is 0. The van der Waals surface area contributed by atoms with Crippen LogP contribution in [0.5, 0.6) is 0 Å². The molecule has 0 bridgehead atoms. The van der Waals surface area contributed by atoms with Crippen LogP contribution >= 0.6 is 0 Å². The molecule has 1 saturated heterocycles. The molecule has 0 amide bonds. The fourth-order valence-electron chi connectivity index (χ4n) is 2.15. The molecule has 0 spiro atoms. The molecule has 1 heterocycles. The van der Waals surface area contributed by atoms with Crippen LogP contribution in [0.3, 0.4) is 0 Å². The van der Waals surface area contributed by atoms with Crippen molar-refractivity contribution in [1.82, 2.24) is 0 Å². The van der Waals surface area contributed by atoms with E-state index in [1.54, 1.807) is 0 Å². The Morgan fingerprint density at radius 1 is 1.42 bits per heavy atom. The Labute approximate surface area is 114 Å². The van der Waals surface area contributed by atoms with E-state index < -0.39 is 21.8 Å². The molecule has 1 saturated carbocycles. The van der Waals surface area contributed by atoms with Crippen LogP contribution in [0.2, 0.25) is 0 Å². The van der Waals surface area contributed by atoms with Crippen molar-refractivity contribution < 1.29 is 27.2 Å². The lowest BCUT2D eigenvalue weighted by atomic mass is 10.1. The molecule has 6 nitrogen and oxygen atoms in total. The summed E-state index contributed by atoms with van der Waals surface area (Å²) >= 11 is 0. The van der Waals surface area contributed by atoms with Crippen LogP contribution in [-0.4, -0.2) is 51.0 Å². The first kappa shape index (κ1) is 15.2. The minimum Gasteiger partial charge on any atom is -0.390 e. The summed E-state index contributed by atoms with van der Waals surface area (Å²) in [5.41, 5.74) is -0.708. The third kappa shape index (κ3) is 5.74. The van der Waals surface area contributed by atoms with Gasteiger partial charge < -0.3 is 14.6 Å². The summed E-state index contributed by atoms with van der Waals surface area (Å²) in [6.07, 6.45) is 4.95. The van der Waals surface area contributed by atoms with E-state index in [1.165, 1.54) is 0 Å². The van der Waals surface area contributed by atoms with E-state index in [1.807, 2.05) is 0 Å². The zero-order valence-electron chi connectivity index (χ0n) is 11.2. The zero-order chi connectivity index (χ0) is 13.9. The Morgan fingerprint density at radius 3 is 2.68 bits per heavy atom. The second-order valence-electron chi connectivity index (χ2n) is 5.47. The van der Waals surface area contributed by atoms with Gasteiger partial charge in [-0.2, -0.15) is 8.42 Å². The molecule has 2 rings (SSSR count). The predicted molar refractivity (Wildman–Crippen MR) is 68.1 cm³/mol. The van der Waals surface area contributed by atoms with Crippen molar-refractivity contribution in [3.05, 3.63) is 0 Å². The first-order valence-electron chi connectivity index (χ1n) is 6.70. The number of aliphatic hydroxyl groups is 1. The smallest absolute Gasteiger partial charge is 0.264 e. The van der Waals surface area contributed by atoms with Crippen LogP contribution in [0.4, 0.5) is 0 Å². The van der Waals surface area contributed by atoms with Gasteiger partial charge in [0.15, 0.2) is 6.29 Å². The number of hydrogen-bond donors (Lipinski definition) is 1. The van der Waals surface area contributed by atoms with Crippen molar-refractivity contribution in [2.24, 2.45) is 0 Å². The lowest BCUT2D eigenvalue weighted by molar-refractivity contribution is -0.198. The Hall–Kier alpha value is -0.210. The molecule has 1 aliphatic heterocycles. The predicted octanol–water partition coefficient (Wildman–Crippen LogP) is 0.789. The van der Waals surface area contributed by atoms with Crippen LogP contribution in [0.15, 0.2) is 0 Å². The first-order valence-corrected chi connectivity index (χ1v) is 8.52. The molecule has 2 aliphatic rings. The highest BCUT2D eigenvalue weighted by atomic mass is 32.2. The minimum absolute atomic E-state index is 0.0684. The maximum Gasteiger partial charge on any atom is 0.264 e. The number of ether oxygens (including phenoxy) is 2. The molecule has 0 aromatic carbocycles. The molecule has 2 fully saturated rings. The third-order valence-corrected chi connectivity index (χ3v) is 3.95. The highest BCUT2D eigenvalue weighted by Crippen LogP contribution is 2.40. The third-order valence-electron chi connectivity index (χ3n) is 3.38. The second-order valence-corrected chi connectivity index (χ2v) is 7.12. The van der Waals surface area contributed by atoms with E-state index in [-0.39, 0.29) is 12.9 Å². The van der Waals surface area contributed by atoms with Gasteiger partial charge in [0, 0.05) is 13.0 Å². The summed E-state index contributed by atoms with van der Waals surface area (Å²) in [6.45, 7) is 0.593. The topological polar surface area (TPSA) is 82.1 Å². The van der Waals surface area contributed by atoms with Gasteiger partial charge in [-0.1, -0.05) is 0 Å². The average Bonchev–Trinajstić information content (AvgIpc) is 3.04. The van der Waals surface area contributed by atoms with Crippen molar-refractivity contribution in [2.75, 3.05) is 19.5 Å². The monoisotopic (exact) mass is 294 g/mol. The normalized spacial score (nSPS) is 28.0. The summed E-state index contributed by atoms with van der Waals surface area (Å²) in [4.78, 5) is 0. The molecule has 112 valence electrons. The molecule has 1 aliphatic carbocycles. The molecule has 0 radical (unpaired) electrons. The zero-order valence-corrected chi connectivity index (χ0v) is 12.0. The van der Waals surface area contributed by atoms with Crippen molar-refractivity contribution >= 4 is 10.1 Å². The molecular formula is C12H22O6S. The van der Waals surface area contributed by atoms with Crippen LogP contribution in [0.1, 0.15) is 38.5 Å². The van der Waals surface area contributed by atoms with Crippen LogP contribution in [0, 0.1) is 0 Å². The maximum atomic E-state index is 11.0. The lowest BCUT2D eigenvalue weighted by Gasteiger charge is -2.28. The van der Waals surface area contributed by atoms with Gasteiger partial charge in [0.2, 0.25) is 0 Å². The van der Waals surface area contributed by atoms with Crippen LogP contribution in [-0.2, 0) is 23.8 Å². The Bertz CT molecular complexity index is 383. The van der Waals surface area contributed by atoms with Gasteiger partial charge in [-0.15, -0.1) is 0 Å². The second kappa shape index (κ2) is 6.05. The van der Waals surface area contributed by atoms with Gasteiger partial charge in [-0.25, -0.2) is 0 Å². The summed E-state index contributed by atoms with van der Waals surface area (Å²) in [7, 11) is -3.50. The van der Waals surface area contributed by atoms with Crippen molar-refractivity contribution in [2.45, 2.75) is 56.5 Å². The van der Waals surface area contributed by atoms with E-state index in [0.717, 1.165) is 38.4 Å². The summed E-state index contributed by atoms with van der Waals surface area (Å²) in [5.74, 6) is 0. The molecule has 0 aromatic heterocycles. The van der Waals surface area contributed by atoms with Crippen molar-refractivity contribution in [3.63, 3.8) is 0 Å². The van der Waals surface area contributed by atoms with E-state index in [9.17, 15) is 13.5 Å². The molecule has 2 unspecified atom stereocenters. The maximum absolute atomic E-state index is 11.0. The summed E-state index contributed by atoms with van der Waals surface area (Å²) in [5, 5.41) is 9.93. The average molecular weight is 294 g/mol. The van der Waals surface area contributed by atoms with Gasteiger partial charge in [0.1, 0.15) is 0 Å². The van der Waals surface area contributed by atoms with E-state index in [0.29, 0.717) is 13.0 Å². The van der Waals surface area contributed by atoms with Crippen molar-refractivity contribution in [1.29, 1.82) is 0 Å². The Morgan fingerprint density at radius 2 is 2.16 bits per heavy atom. The van der Waals surface area contributed by atoms with Crippen LogP contribution in [0.25, 0.3) is 0 Å². The number of hydrogen-bond acceptors (Lipinski definition) is 6. The first-order chi connectivity index (χ1) is 8.86. The molecular weight excluding hydrogens is 272 g/mol. The van der Waals surface area contributed by atoms with Gasteiger partial charge in [0.05, 0.1) is 24.6 Å². The van der Waals surface area contributed by atoms with Crippen LogP contribution < -0.4 is 0 Å². The fourth-order valence-corrected chi connectivity index (χ4v) is 2.55. The quantitative estimate of drug-likeness (QED) is 0.699. The lowest BCUT2D eigenvalue weighted by Crippen LogP contribution is -2.34. The molecule has 0 aromatic rings. The number of rotatable bonds is 7. The van der Waals surface area contributed by atoms with Gasteiger partial charge >= 0.3 is 0 Å². The molecule has 19 heavy (non-hydrogen) atoms. The fraction of sp³-hybridized carbons (Fsp3) is 1.00. The standard InChI is InChI=1S/C12H22O6S/c1-19(14,15)17-9-10(8-12(13)5-6-12)18-11-4-2-3-7-16-11/h10-11,13H,2-9H2,1H3. The van der Waals surface area contributed by atoms with Gasteiger partial charge in [-0.3, -0.25) is 4.18 Å². The molecule has 2 atom stereocenters.